The largest absolute Gasteiger partial charge is 0.493 e. The van der Waals surface area contributed by atoms with Crippen molar-refractivity contribution in [3.8, 4) is 5.75 Å². The highest BCUT2D eigenvalue weighted by Crippen LogP contribution is 2.20. The van der Waals surface area contributed by atoms with Crippen molar-refractivity contribution in [3.05, 3.63) is 65.5 Å². The third-order valence-corrected chi connectivity index (χ3v) is 3.97. The number of halogens is 1. The maximum atomic E-state index is 13.9. The molecule has 124 valence electrons. The van der Waals surface area contributed by atoms with Crippen LogP contribution in [0.3, 0.4) is 0 Å². The van der Waals surface area contributed by atoms with E-state index in [4.69, 9.17) is 4.74 Å². The molecule has 0 radical (unpaired) electrons. The van der Waals surface area contributed by atoms with Crippen LogP contribution < -0.4 is 4.74 Å². The molecule has 0 saturated carbocycles. The number of ether oxygens (including phenoxy) is 1. The van der Waals surface area contributed by atoms with Gasteiger partial charge in [0.1, 0.15) is 11.3 Å². The Morgan fingerprint density at radius 1 is 1.04 bits per heavy atom. The van der Waals surface area contributed by atoms with Gasteiger partial charge in [0.2, 0.25) is 0 Å². The van der Waals surface area contributed by atoms with E-state index in [2.05, 4.69) is 15.1 Å². The third kappa shape index (κ3) is 2.71. The minimum atomic E-state index is -0.334. The highest BCUT2D eigenvalue weighted by atomic mass is 19.1. The van der Waals surface area contributed by atoms with Crippen molar-refractivity contribution < 1.29 is 9.13 Å². The van der Waals surface area contributed by atoms with Crippen LogP contribution >= 0.6 is 0 Å². The molecule has 6 heteroatoms. The SMILES string of the molecule is COc1ccc(C)n2nc(C=Cc3ccc4cccc(F)c4n3)nc12. The van der Waals surface area contributed by atoms with Gasteiger partial charge in [0.15, 0.2) is 17.2 Å². The Balaban J connectivity index is 1.73. The van der Waals surface area contributed by atoms with Gasteiger partial charge >= 0.3 is 0 Å². The molecular formula is C19H15FN4O. The van der Waals surface area contributed by atoms with Gasteiger partial charge in [-0.3, -0.25) is 0 Å². The smallest absolute Gasteiger partial charge is 0.198 e. The fourth-order valence-corrected chi connectivity index (χ4v) is 2.68. The molecule has 0 amide bonds. The van der Waals surface area contributed by atoms with E-state index in [0.29, 0.717) is 28.4 Å². The van der Waals surface area contributed by atoms with Crippen molar-refractivity contribution >= 4 is 28.7 Å². The Kier molecular flexibility index (Phi) is 3.65. The minimum absolute atomic E-state index is 0.334. The average Bonchev–Trinajstić information content (AvgIpc) is 3.06. The Labute approximate surface area is 143 Å². The molecule has 1 aromatic carbocycles. The number of pyridine rings is 2. The second-order valence-corrected chi connectivity index (χ2v) is 5.63. The lowest BCUT2D eigenvalue weighted by Crippen LogP contribution is -1.95. The molecule has 3 aromatic heterocycles. The topological polar surface area (TPSA) is 52.3 Å². The Morgan fingerprint density at radius 2 is 1.92 bits per heavy atom. The number of aromatic nitrogens is 4. The van der Waals surface area contributed by atoms with Crippen molar-refractivity contribution in [2.75, 3.05) is 7.11 Å². The van der Waals surface area contributed by atoms with E-state index >= 15 is 0 Å². The molecule has 0 spiro atoms. The summed E-state index contributed by atoms with van der Waals surface area (Å²) in [5.41, 5.74) is 2.60. The minimum Gasteiger partial charge on any atom is -0.493 e. The first-order valence-electron chi connectivity index (χ1n) is 7.79. The summed E-state index contributed by atoms with van der Waals surface area (Å²) in [7, 11) is 1.60. The maximum Gasteiger partial charge on any atom is 0.198 e. The molecule has 4 aromatic rings. The first-order chi connectivity index (χ1) is 12.2. The van der Waals surface area contributed by atoms with Gasteiger partial charge in [-0.05, 0) is 43.3 Å². The summed E-state index contributed by atoms with van der Waals surface area (Å²) in [5, 5.41) is 5.22. The Morgan fingerprint density at radius 3 is 2.76 bits per heavy atom. The summed E-state index contributed by atoms with van der Waals surface area (Å²) in [4.78, 5) is 8.82. The summed E-state index contributed by atoms with van der Waals surface area (Å²) in [6, 6.07) is 12.4. The van der Waals surface area contributed by atoms with Gasteiger partial charge in [-0.1, -0.05) is 18.2 Å². The van der Waals surface area contributed by atoms with Crippen LogP contribution in [0.25, 0.3) is 28.7 Å². The zero-order chi connectivity index (χ0) is 17.4. The number of rotatable bonds is 3. The quantitative estimate of drug-likeness (QED) is 0.570. The number of para-hydroxylation sites is 1. The van der Waals surface area contributed by atoms with E-state index in [9.17, 15) is 4.39 Å². The van der Waals surface area contributed by atoms with Gasteiger partial charge in [-0.2, -0.15) is 0 Å². The molecule has 3 heterocycles. The number of fused-ring (bicyclic) bond motifs is 2. The van der Waals surface area contributed by atoms with Crippen LogP contribution in [0.15, 0.2) is 42.5 Å². The van der Waals surface area contributed by atoms with Gasteiger partial charge in [0.25, 0.3) is 0 Å². The average molecular weight is 334 g/mol. The second-order valence-electron chi connectivity index (χ2n) is 5.63. The summed E-state index contributed by atoms with van der Waals surface area (Å²) in [6.45, 7) is 1.95. The lowest BCUT2D eigenvalue weighted by molar-refractivity contribution is 0.416. The molecule has 0 aliphatic heterocycles. The first kappa shape index (κ1) is 15.3. The normalized spacial score (nSPS) is 11.6. The van der Waals surface area contributed by atoms with Gasteiger partial charge in [0.05, 0.1) is 12.8 Å². The molecule has 0 aliphatic rings. The zero-order valence-corrected chi connectivity index (χ0v) is 13.8. The van der Waals surface area contributed by atoms with E-state index < -0.39 is 0 Å². The van der Waals surface area contributed by atoms with Crippen LogP contribution in [0, 0.1) is 12.7 Å². The predicted octanol–water partition coefficient (Wildman–Crippen LogP) is 3.90. The monoisotopic (exact) mass is 334 g/mol. The van der Waals surface area contributed by atoms with E-state index in [1.54, 1.807) is 29.8 Å². The predicted molar refractivity (Wildman–Crippen MR) is 94.9 cm³/mol. The molecule has 4 rings (SSSR count). The molecule has 0 bridgehead atoms. The number of benzene rings is 1. The number of aryl methyl sites for hydroxylation is 1. The zero-order valence-electron chi connectivity index (χ0n) is 13.8. The van der Waals surface area contributed by atoms with Crippen molar-refractivity contribution in [2.24, 2.45) is 0 Å². The first-order valence-corrected chi connectivity index (χ1v) is 7.79. The van der Waals surface area contributed by atoms with E-state index in [-0.39, 0.29) is 5.82 Å². The lowest BCUT2D eigenvalue weighted by Gasteiger charge is -2.02. The second kappa shape index (κ2) is 5.98. The number of hydrogen-bond acceptors (Lipinski definition) is 4. The number of nitrogens with zero attached hydrogens (tertiary/aromatic N) is 4. The summed E-state index contributed by atoms with van der Waals surface area (Å²) in [5.74, 6) is 0.852. The fourth-order valence-electron chi connectivity index (χ4n) is 2.68. The highest BCUT2D eigenvalue weighted by molar-refractivity contribution is 5.81. The van der Waals surface area contributed by atoms with Crippen molar-refractivity contribution in [3.63, 3.8) is 0 Å². The van der Waals surface area contributed by atoms with Gasteiger partial charge in [0, 0.05) is 11.1 Å². The molecule has 0 aliphatic carbocycles. The summed E-state index contributed by atoms with van der Waals surface area (Å²) >= 11 is 0. The fraction of sp³-hybridized carbons (Fsp3) is 0.105. The third-order valence-electron chi connectivity index (χ3n) is 3.97. The summed E-state index contributed by atoms with van der Waals surface area (Å²) in [6.07, 6.45) is 3.52. The number of methoxy groups -OCH3 is 1. The maximum absolute atomic E-state index is 13.9. The van der Waals surface area contributed by atoms with Crippen LogP contribution in [0.1, 0.15) is 17.2 Å². The van der Waals surface area contributed by atoms with Gasteiger partial charge in [-0.25, -0.2) is 18.9 Å². The molecule has 25 heavy (non-hydrogen) atoms. The van der Waals surface area contributed by atoms with Crippen molar-refractivity contribution in [1.82, 2.24) is 19.6 Å². The van der Waals surface area contributed by atoms with E-state index in [1.807, 2.05) is 37.3 Å². The van der Waals surface area contributed by atoms with Crippen LogP contribution in [0.4, 0.5) is 4.39 Å². The molecule has 5 nitrogen and oxygen atoms in total. The molecule has 0 atom stereocenters. The lowest BCUT2D eigenvalue weighted by atomic mass is 10.2. The summed E-state index contributed by atoms with van der Waals surface area (Å²) < 4.78 is 20.9. The van der Waals surface area contributed by atoms with Crippen LogP contribution in [-0.4, -0.2) is 26.7 Å². The molecule has 0 saturated heterocycles. The molecule has 0 unspecified atom stereocenters. The van der Waals surface area contributed by atoms with E-state index in [1.165, 1.54) is 6.07 Å². The van der Waals surface area contributed by atoms with Crippen LogP contribution in [0.5, 0.6) is 5.75 Å². The van der Waals surface area contributed by atoms with Crippen LogP contribution in [-0.2, 0) is 0 Å². The Hall–Kier alpha value is -3.28. The Bertz CT molecular complexity index is 1120. The molecular weight excluding hydrogens is 319 g/mol. The highest BCUT2D eigenvalue weighted by Gasteiger charge is 2.09. The van der Waals surface area contributed by atoms with Gasteiger partial charge < -0.3 is 4.74 Å². The number of hydrogen-bond donors (Lipinski definition) is 0. The van der Waals surface area contributed by atoms with Crippen molar-refractivity contribution in [1.29, 1.82) is 0 Å². The van der Waals surface area contributed by atoms with E-state index in [0.717, 1.165) is 11.1 Å². The molecule has 0 N–H and O–H groups in total. The molecule has 0 fully saturated rings. The standard InChI is InChI=1S/C19H15FN4O/c1-12-6-10-16(25-2)19-22-17(23-24(12)19)11-9-14-8-7-13-4-3-5-15(20)18(13)21-14/h3-11H,1-2H3. The van der Waals surface area contributed by atoms with Gasteiger partial charge in [-0.15, -0.1) is 5.10 Å². The van der Waals surface area contributed by atoms with Crippen LogP contribution in [0.2, 0.25) is 0 Å². The van der Waals surface area contributed by atoms with Crippen molar-refractivity contribution in [2.45, 2.75) is 6.92 Å².